The highest BCUT2D eigenvalue weighted by Crippen LogP contribution is 2.26. The second kappa shape index (κ2) is 7.82. The number of aromatic nitrogens is 2. The maximum atomic E-state index is 5.89. The van der Waals surface area contributed by atoms with Gasteiger partial charge in [0.25, 0.3) is 0 Å². The Morgan fingerprint density at radius 3 is 2.62 bits per heavy atom. The van der Waals surface area contributed by atoms with Gasteiger partial charge in [-0.1, -0.05) is 55.9 Å². The molecule has 0 radical (unpaired) electrons. The van der Waals surface area contributed by atoms with E-state index in [-0.39, 0.29) is 6.10 Å². The third-order valence-corrected chi connectivity index (χ3v) is 4.55. The van der Waals surface area contributed by atoms with Crippen molar-refractivity contribution in [1.82, 2.24) is 9.97 Å². The summed E-state index contributed by atoms with van der Waals surface area (Å²) in [5.74, 6) is 0.764. The second-order valence-electron chi connectivity index (χ2n) is 4.72. The molecule has 21 heavy (non-hydrogen) atoms. The van der Waals surface area contributed by atoms with E-state index in [1.54, 1.807) is 0 Å². The van der Waals surface area contributed by atoms with E-state index in [1.165, 1.54) is 0 Å². The number of ether oxygens (including phenoxy) is 1. The van der Waals surface area contributed by atoms with Crippen LogP contribution in [-0.2, 0) is 11.2 Å². The van der Waals surface area contributed by atoms with Gasteiger partial charge in [0.05, 0.1) is 4.47 Å². The first-order valence-corrected chi connectivity index (χ1v) is 8.32. The predicted molar refractivity (Wildman–Crippen MR) is 91.0 cm³/mol. The van der Waals surface area contributed by atoms with Gasteiger partial charge in [-0.05, 0) is 34.8 Å². The van der Waals surface area contributed by atoms with Gasteiger partial charge in [-0.15, -0.1) is 0 Å². The molecule has 1 atom stereocenters. The van der Waals surface area contributed by atoms with Crippen molar-refractivity contribution >= 4 is 28.1 Å². The third-order valence-electron chi connectivity index (χ3n) is 3.14. The highest BCUT2D eigenvalue weighted by molar-refractivity contribution is 9.10. The highest BCUT2D eigenvalue weighted by atomic mass is 79.9. The molecule has 2 aromatic rings. The number of nitrogens with zero attached hydrogens (tertiary/aromatic N) is 1. The lowest BCUT2D eigenvalue weighted by Crippen LogP contribution is -2.12. The molecule has 0 aliphatic carbocycles. The van der Waals surface area contributed by atoms with E-state index in [0.717, 1.165) is 34.4 Å². The number of hydrogen-bond acceptors (Lipinski definition) is 3. The average molecular weight is 367 g/mol. The van der Waals surface area contributed by atoms with Crippen LogP contribution in [0.5, 0.6) is 0 Å². The summed E-state index contributed by atoms with van der Waals surface area (Å²) in [6.45, 7) is 4.73. The molecule has 1 unspecified atom stereocenters. The maximum Gasteiger partial charge on any atom is 0.144 e. The molecule has 3 nitrogen and oxygen atoms in total. The zero-order valence-corrected chi connectivity index (χ0v) is 14.6. The number of halogens is 1. The van der Waals surface area contributed by atoms with Crippen LogP contribution in [0.4, 0.5) is 0 Å². The summed E-state index contributed by atoms with van der Waals surface area (Å²) in [6, 6.07) is 10.1. The van der Waals surface area contributed by atoms with Crippen LogP contribution in [0.15, 0.2) is 34.8 Å². The lowest BCUT2D eigenvalue weighted by Gasteiger charge is -2.18. The van der Waals surface area contributed by atoms with E-state index in [1.807, 2.05) is 37.3 Å². The molecule has 2 rings (SSSR count). The van der Waals surface area contributed by atoms with Crippen LogP contribution < -0.4 is 0 Å². The van der Waals surface area contributed by atoms with Gasteiger partial charge < -0.3 is 9.72 Å². The topological polar surface area (TPSA) is 37.9 Å². The van der Waals surface area contributed by atoms with E-state index in [9.17, 15) is 0 Å². The van der Waals surface area contributed by atoms with Gasteiger partial charge >= 0.3 is 0 Å². The summed E-state index contributed by atoms with van der Waals surface area (Å²) in [5.41, 5.74) is 2.15. The quantitative estimate of drug-likeness (QED) is 0.732. The molecule has 0 aliphatic heterocycles. The molecule has 0 fully saturated rings. The normalized spacial score (nSPS) is 12.3. The first-order valence-electron chi connectivity index (χ1n) is 7.12. The maximum absolute atomic E-state index is 5.89. The fourth-order valence-corrected chi connectivity index (χ4v) is 2.81. The van der Waals surface area contributed by atoms with Gasteiger partial charge in [0.2, 0.25) is 0 Å². The lowest BCUT2D eigenvalue weighted by molar-refractivity contribution is 0.0848. The number of aromatic amines is 1. The smallest absolute Gasteiger partial charge is 0.144 e. The first kappa shape index (κ1) is 16.3. The van der Waals surface area contributed by atoms with Gasteiger partial charge in [0.1, 0.15) is 16.6 Å². The lowest BCUT2D eigenvalue weighted by atomic mass is 10.1. The Kier molecular flexibility index (Phi) is 6.08. The molecule has 1 N–H and O–H groups in total. The molecule has 0 amide bonds. The fourth-order valence-electron chi connectivity index (χ4n) is 2.20. The monoisotopic (exact) mass is 366 g/mol. The number of nitrogens with one attached hydrogen (secondary N) is 1. The molecule has 0 spiro atoms. The van der Waals surface area contributed by atoms with Gasteiger partial charge in [0.15, 0.2) is 0 Å². The van der Waals surface area contributed by atoms with Gasteiger partial charge in [-0.2, -0.15) is 0 Å². The van der Waals surface area contributed by atoms with Crippen molar-refractivity contribution in [3.63, 3.8) is 0 Å². The third kappa shape index (κ3) is 3.99. The number of rotatable bonds is 6. The van der Waals surface area contributed by atoms with Crippen molar-refractivity contribution in [1.29, 1.82) is 0 Å². The van der Waals surface area contributed by atoms with Crippen LogP contribution in [0.3, 0.4) is 0 Å². The summed E-state index contributed by atoms with van der Waals surface area (Å²) in [7, 11) is 0. The second-order valence-corrected chi connectivity index (χ2v) is 5.90. The predicted octanol–water partition coefficient (Wildman–Crippen LogP) is 4.98. The molecule has 1 aromatic carbocycles. The summed E-state index contributed by atoms with van der Waals surface area (Å²) in [6.07, 6.45) is 1.74. The van der Waals surface area contributed by atoms with Crippen molar-refractivity contribution in [2.75, 3.05) is 6.61 Å². The SMILES string of the molecule is CCCc1[nH]c(C(OCC)c2ccccc2)nc(=S)c1Br. The van der Waals surface area contributed by atoms with Crippen molar-refractivity contribution in [3.8, 4) is 0 Å². The summed E-state index contributed by atoms with van der Waals surface area (Å²) in [4.78, 5) is 7.89. The van der Waals surface area contributed by atoms with E-state index in [0.29, 0.717) is 11.2 Å². The first-order chi connectivity index (χ1) is 10.2. The molecule has 0 aliphatic rings. The molecule has 1 heterocycles. The van der Waals surface area contributed by atoms with Crippen LogP contribution in [-0.4, -0.2) is 16.6 Å². The largest absolute Gasteiger partial charge is 0.366 e. The Balaban J connectivity index is 2.48. The summed E-state index contributed by atoms with van der Waals surface area (Å²) >= 11 is 8.88. The van der Waals surface area contributed by atoms with E-state index < -0.39 is 0 Å². The van der Waals surface area contributed by atoms with Crippen molar-refractivity contribution < 1.29 is 4.74 Å². The number of aryl methyl sites for hydroxylation is 1. The Labute approximate surface area is 138 Å². The molecule has 1 aromatic heterocycles. The molecule has 112 valence electrons. The van der Waals surface area contributed by atoms with Crippen LogP contribution in [0.1, 0.15) is 43.5 Å². The van der Waals surface area contributed by atoms with Crippen molar-refractivity contribution in [2.24, 2.45) is 0 Å². The minimum atomic E-state index is -0.221. The van der Waals surface area contributed by atoms with Crippen molar-refractivity contribution in [3.05, 3.63) is 56.5 Å². The highest BCUT2D eigenvalue weighted by Gasteiger charge is 2.18. The van der Waals surface area contributed by atoms with Gasteiger partial charge in [0, 0.05) is 12.3 Å². The Hall–Kier alpha value is -1.04. The zero-order valence-electron chi connectivity index (χ0n) is 12.2. The Morgan fingerprint density at radius 2 is 2.00 bits per heavy atom. The van der Waals surface area contributed by atoms with Crippen molar-refractivity contribution in [2.45, 2.75) is 32.8 Å². The van der Waals surface area contributed by atoms with Crippen LogP contribution in [0, 0.1) is 4.64 Å². The molecule has 0 bridgehead atoms. The number of H-pyrrole nitrogens is 1. The Morgan fingerprint density at radius 1 is 1.29 bits per heavy atom. The number of benzene rings is 1. The van der Waals surface area contributed by atoms with Crippen LogP contribution >= 0.6 is 28.1 Å². The molecule has 0 saturated carbocycles. The zero-order chi connectivity index (χ0) is 15.2. The molecular weight excluding hydrogens is 348 g/mol. The Bertz CT molecular complexity index is 642. The van der Waals surface area contributed by atoms with E-state index in [4.69, 9.17) is 17.0 Å². The number of hydrogen-bond donors (Lipinski definition) is 1. The average Bonchev–Trinajstić information content (AvgIpc) is 2.50. The van der Waals surface area contributed by atoms with Gasteiger partial charge in [-0.3, -0.25) is 0 Å². The minimum absolute atomic E-state index is 0.221. The molecule has 5 heteroatoms. The van der Waals surface area contributed by atoms with Gasteiger partial charge in [-0.25, -0.2) is 4.98 Å². The van der Waals surface area contributed by atoms with Crippen LogP contribution in [0.2, 0.25) is 0 Å². The minimum Gasteiger partial charge on any atom is -0.366 e. The molecular formula is C16H19BrN2OS. The van der Waals surface area contributed by atoms with E-state index in [2.05, 4.69) is 32.8 Å². The fraction of sp³-hybridized carbons (Fsp3) is 0.375. The summed E-state index contributed by atoms with van der Waals surface area (Å²) < 4.78 is 7.34. The standard InChI is InChI=1S/C16H19BrN2OS/c1-3-8-12-13(17)16(21)19-15(18-12)14(20-4-2)11-9-6-5-7-10-11/h5-7,9-10,14H,3-4,8H2,1-2H3,(H,18,19,21). The molecule has 0 saturated heterocycles. The van der Waals surface area contributed by atoms with Crippen LogP contribution in [0.25, 0.3) is 0 Å². The summed E-state index contributed by atoms with van der Waals surface area (Å²) in [5, 5.41) is 0. The van der Waals surface area contributed by atoms with E-state index >= 15 is 0 Å².